The number of carbonyl (C=O) groups excluding carboxylic acids is 1. The molecule has 1 aromatic heterocycles. The summed E-state index contributed by atoms with van der Waals surface area (Å²) in [7, 11) is 1.59. The van der Waals surface area contributed by atoms with E-state index in [1.165, 1.54) is 0 Å². The molecule has 0 spiro atoms. The van der Waals surface area contributed by atoms with Gasteiger partial charge in [0.25, 0.3) is 5.91 Å². The number of nitrogens with zero attached hydrogens (tertiary/aromatic N) is 3. The van der Waals surface area contributed by atoms with Crippen LogP contribution in [0, 0.1) is 4.77 Å². The highest BCUT2D eigenvalue weighted by Crippen LogP contribution is 2.22. The lowest BCUT2D eigenvalue weighted by atomic mass is 10.3. The maximum absolute atomic E-state index is 12.5. The summed E-state index contributed by atoms with van der Waals surface area (Å²) in [6.07, 6.45) is 2.71. The molecule has 1 atom stereocenters. The number of quaternary nitrogens is 1. The molecule has 0 bridgehead atoms. The van der Waals surface area contributed by atoms with Crippen molar-refractivity contribution in [1.29, 1.82) is 0 Å². The predicted molar refractivity (Wildman–Crippen MR) is 99.3 cm³/mol. The number of amides is 1. The van der Waals surface area contributed by atoms with Crippen LogP contribution < -0.4 is 15.0 Å². The number of aromatic nitrogens is 3. The smallest absolute Gasteiger partial charge is 0.279 e. The maximum Gasteiger partial charge on any atom is 0.279 e. The molecule has 7 nitrogen and oxygen atoms in total. The maximum atomic E-state index is 12.5. The van der Waals surface area contributed by atoms with Crippen molar-refractivity contribution in [2.24, 2.45) is 0 Å². The quantitative estimate of drug-likeness (QED) is 0.659. The fraction of sp³-hybridized carbons (Fsp3) is 0.471. The third-order valence-electron chi connectivity index (χ3n) is 3.91. The number of para-hydroxylation sites is 2. The van der Waals surface area contributed by atoms with Gasteiger partial charge in [-0.2, -0.15) is 9.78 Å². The normalized spacial score (nSPS) is 12.0. The predicted octanol–water partition coefficient (Wildman–Crippen LogP) is 1.33. The molecule has 0 fully saturated rings. The van der Waals surface area contributed by atoms with Crippen LogP contribution in [-0.2, 0) is 18.0 Å². The minimum atomic E-state index is -0.0607. The van der Waals surface area contributed by atoms with Gasteiger partial charge in [0.15, 0.2) is 13.2 Å². The summed E-state index contributed by atoms with van der Waals surface area (Å²) in [5.74, 6) is 0.589. The molecule has 0 aliphatic heterocycles. The average molecular weight is 364 g/mol. The third-order valence-corrected chi connectivity index (χ3v) is 4.35. The molecular formula is C17H26N5O2S+. The van der Waals surface area contributed by atoms with Gasteiger partial charge in [-0.05, 0) is 37.7 Å². The zero-order chi connectivity index (χ0) is 18.2. The van der Waals surface area contributed by atoms with E-state index in [1.54, 1.807) is 18.1 Å². The van der Waals surface area contributed by atoms with Crippen molar-refractivity contribution in [3.8, 4) is 5.75 Å². The van der Waals surface area contributed by atoms with Crippen LogP contribution in [0.1, 0.15) is 20.3 Å². The fourth-order valence-corrected chi connectivity index (χ4v) is 2.94. The Morgan fingerprint density at radius 2 is 2.12 bits per heavy atom. The van der Waals surface area contributed by atoms with Crippen LogP contribution in [0.2, 0.25) is 0 Å². The molecule has 0 aliphatic carbocycles. The second kappa shape index (κ2) is 9.33. The number of hydrogen-bond acceptors (Lipinski definition) is 4. The first-order valence-corrected chi connectivity index (χ1v) is 8.88. The fourth-order valence-electron chi connectivity index (χ4n) is 2.66. The van der Waals surface area contributed by atoms with Crippen LogP contribution in [0.15, 0.2) is 30.6 Å². The molecular weight excluding hydrogens is 338 g/mol. The number of benzene rings is 1. The Bertz CT molecular complexity index is 755. The van der Waals surface area contributed by atoms with Crippen LogP contribution in [0.4, 0.5) is 5.69 Å². The number of hydrogen-bond donors (Lipinski definition) is 2. The van der Waals surface area contributed by atoms with Crippen molar-refractivity contribution in [2.45, 2.75) is 33.5 Å². The zero-order valence-electron chi connectivity index (χ0n) is 15.0. The lowest BCUT2D eigenvalue weighted by Gasteiger charge is -2.18. The Kier molecular flexibility index (Phi) is 7.15. The van der Waals surface area contributed by atoms with Crippen molar-refractivity contribution in [3.05, 3.63) is 35.4 Å². The van der Waals surface area contributed by atoms with E-state index < -0.39 is 0 Å². The van der Waals surface area contributed by atoms with Crippen molar-refractivity contribution >= 4 is 23.8 Å². The number of ether oxygens (including phenoxy) is 1. The Hall–Kier alpha value is -2.19. The lowest BCUT2D eigenvalue weighted by Crippen LogP contribution is -3.12. The van der Waals surface area contributed by atoms with Gasteiger partial charge in [-0.3, -0.25) is 4.79 Å². The Morgan fingerprint density at radius 1 is 1.36 bits per heavy atom. The van der Waals surface area contributed by atoms with Crippen molar-refractivity contribution in [2.75, 3.05) is 25.5 Å². The first-order chi connectivity index (χ1) is 12.1. The SMILES string of the molecule is CCC[NH+](CC(=O)Nc1ccccc1OC)Cn1ncn(CC)c1=S. The molecule has 1 heterocycles. The van der Waals surface area contributed by atoms with Crippen molar-refractivity contribution in [3.63, 3.8) is 0 Å². The molecule has 2 rings (SSSR count). The van der Waals surface area contributed by atoms with Gasteiger partial charge in [-0.15, -0.1) is 0 Å². The molecule has 0 aliphatic rings. The summed E-state index contributed by atoms with van der Waals surface area (Å²) in [6.45, 7) is 6.68. The minimum Gasteiger partial charge on any atom is -0.495 e. The first kappa shape index (κ1) is 19.1. The van der Waals surface area contributed by atoms with Crippen LogP contribution in [0.25, 0.3) is 0 Å². The van der Waals surface area contributed by atoms with Crippen LogP contribution in [0.5, 0.6) is 5.75 Å². The van der Waals surface area contributed by atoms with Gasteiger partial charge in [-0.25, -0.2) is 0 Å². The second-order valence-corrected chi connectivity index (χ2v) is 6.15. The van der Waals surface area contributed by atoms with Gasteiger partial charge in [0.05, 0.1) is 19.3 Å². The summed E-state index contributed by atoms with van der Waals surface area (Å²) in [4.78, 5) is 13.6. The van der Waals surface area contributed by atoms with Gasteiger partial charge in [0.2, 0.25) is 4.77 Å². The molecule has 1 unspecified atom stereocenters. The van der Waals surface area contributed by atoms with E-state index in [1.807, 2.05) is 35.8 Å². The van der Waals surface area contributed by atoms with Gasteiger partial charge in [0.1, 0.15) is 12.1 Å². The van der Waals surface area contributed by atoms with Crippen LogP contribution >= 0.6 is 12.2 Å². The number of methoxy groups -OCH3 is 1. The van der Waals surface area contributed by atoms with E-state index in [0.717, 1.165) is 24.4 Å². The molecule has 8 heteroatoms. The summed E-state index contributed by atoms with van der Waals surface area (Å²) in [5.41, 5.74) is 0.678. The molecule has 25 heavy (non-hydrogen) atoms. The molecule has 0 radical (unpaired) electrons. The summed E-state index contributed by atoms with van der Waals surface area (Å²) in [6, 6.07) is 7.39. The van der Waals surface area contributed by atoms with Crippen LogP contribution in [0.3, 0.4) is 0 Å². The van der Waals surface area contributed by atoms with Gasteiger partial charge in [0, 0.05) is 6.54 Å². The number of aryl methyl sites for hydroxylation is 1. The second-order valence-electron chi connectivity index (χ2n) is 5.78. The van der Waals surface area contributed by atoms with Gasteiger partial charge >= 0.3 is 0 Å². The van der Waals surface area contributed by atoms with Gasteiger partial charge in [-0.1, -0.05) is 19.1 Å². The largest absolute Gasteiger partial charge is 0.495 e. The summed E-state index contributed by atoms with van der Waals surface area (Å²) < 4.78 is 9.64. The van der Waals surface area contributed by atoms with E-state index in [0.29, 0.717) is 29.4 Å². The van der Waals surface area contributed by atoms with E-state index >= 15 is 0 Å². The monoisotopic (exact) mass is 364 g/mol. The summed E-state index contributed by atoms with van der Waals surface area (Å²) in [5, 5.41) is 7.25. The van der Waals surface area contributed by atoms with Crippen LogP contribution in [-0.4, -0.2) is 40.5 Å². The standard InChI is InChI=1S/C17H25N5O2S/c1-4-10-20(13-22-17(25)21(5-2)12-18-22)11-16(23)19-14-8-6-7-9-15(14)24-3/h6-9,12H,4-5,10-11,13H2,1-3H3,(H,19,23)/p+1. The average Bonchev–Trinajstić information content (AvgIpc) is 2.95. The molecule has 136 valence electrons. The zero-order valence-corrected chi connectivity index (χ0v) is 15.8. The molecule has 1 amide bonds. The molecule has 0 saturated carbocycles. The highest BCUT2D eigenvalue weighted by molar-refractivity contribution is 7.71. The Morgan fingerprint density at radius 3 is 2.76 bits per heavy atom. The topological polar surface area (TPSA) is 65.5 Å². The highest BCUT2D eigenvalue weighted by atomic mass is 32.1. The highest BCUT2D eigenvalue weighted by Gasteiger charge is 2.17. The van der Waals surface area contributed by atoms with Crippen molar-refractivity contribution in [1.82, 2.24) is 14.3 Å². The lowest BCUT2D eigenvalue weighted by molar-refractivity contribution is -0.915. The van der Waals surface area contributed by atoms with E-state index in [4.69, 9.17) is 17.0 Å². The number of rotatable bonds is 9. The molecule has 0 saturated heterocycles. The third kappa shape index (κ3) is 5.14. The Labute approximate surface area is 153 Å². The van der Waals surface area contributed by atoms with Crippen molar-refractivity contribution < 1.29 is 14.4 Å². The van der Waals surface area contributed by atoms with Gasteiger partial charge < -0.3 is 19.5 Å². The molecule has 2 N–H and O–H groups in total. The molecule has 1 aromatic carbocycles. The summed E-state index contributed by atoms with van der Waals surface area (Å²) >= 11 is 5.41. The van der Waals surface area contributed by atoms with E-state index in [-0.39, 0.29) is 5.91 Å². The number of anilines is 1. The first-order valence-electron chi connectivity index (χ1n) is 8.47. The Balaban J connectivity index is 2.03. The number of nitrogens with one attached hydrogen (secondary N) is 2. The van der Waals surface area contributed by atoms with E-state index in [2.05, 4.69) is 17.3 Å². The number of carbonyl (C=O) groups is 1. The molecule has 2 aromatic rings. The minimum absolute atomic E-state index is 0.0607. The van der Waals surface area contributed by atoms with E-state index in [9.17, 15) is 4.79 Å².